The second-order valence-electron chi connectivity index (χ2n) is 2.71. The minimum absolute atomic E-state index is 0.265. The van der Waals surface area contributed by atoms with E-state index in [1.807, 2.05) is 0 Å². The average molecular weight is 144 g/mol. The lowest BCUT2D eigenvalue weighted by atomic mass is 10.1. The van der Waals surface area contributed by atoms with Gasteiger partial charge >= 0.3 is 5.97 Å². The molecule has 0 aliphatic carbocycles. The number of hydrogen-bond acceptors (Lipinski definition) is 3. The monoisotopic (exact) mass is 144 g/mol. The number of carbonyl (C=O) groups is 1. The predicted molar refractivity (Wildman–Crippen MR) is 35.3 cm³/mol. The first kappa shape index (κ1) is 7.54. The number of esters is 1. The van der Waals surface area contributed by atoms with E-state index in [1.54, 1.807) is 0 Å². The zero-order valence-corrected chi connectivity index (χ0v) is 6.29. The van der Waals surface area contributed by atoms with Crippen molar-refractivity contribution < 1.29 is 14.3 Å². The van der Waals surface area contributed by atoms with Crippen LogP contribution in [0, 0.1) is 5.92 Å². The van der Waals surface area contributed by atoms with E-state index < -0.39 is 0 Å². The van der Waals surface area contributed by atoms with E-state index in [0.29, 0.717) is 12.5 Å². The van der Waals surface area contributed by atoms with Gasteiger partial charge in [0.05, 0.1) is 6.61 Å². The number of ether oxygens (including phenoxy) is 2. The summed E-state index contributed by atoms with van der Waals surface area (Å²) in [5, 5.41) is 0. The van der Waals surface area contributed by atoms with Gasteiger partial charge in [-0.15, -0.1) is 0 Å². The second kappa shape index (κ2) is 3.01. The number of rotatable bonds is 1. The smallest absolute Gasteiger partial charge is 0.304 e. The molecule has 1 rings (SSSR count). The Labute approximate surface area is 60.3 Å². The first-order valence-corrected chi connectivity index (χ1v) is 3.47. The summed E-state index contributed by atoms with van der Waals surface area (Å²) in [6.45, 7) is 4.17. The molecule has 0 aromatic carbocycles. The van der Waals surface area contributed by atoms with Crippen molar-refractivity contribution in [3.8, 4) is 0 Å². The molecule has 1 fully saturated rings. The summed E-state index contributed by atoms with van der Waals surface area (Å²) in [5.74, 6) is 0.253. The maximum absolute atomic E-state index is 10.4. The lowest BCUT2D eigenvalue weighted by molar-refractivity contribution is -0.166. The molecule has 1 aliphatic heterocycles. The molecule has 3 nitrogen and oxygen atoms in total. The Bertz CT molecular complexity index is 133. The fourth-order valence-electron chi connectivity index (χ4n) is 1.00. The van der Waals surface area contributed by atoms with Gasteiger partial charge in [0.15, 0.2) is 0 Å². The highest BCUT2D eigenvalue weighted by atomic mass is 16.7. The van der Waals surface area contributed by atoms with Crippen LogP contribution in [0.4, 0.5) is 0 Å². The van der Waals surface area contributed by atoms with Crippen molar-refractivity contribution in [2.24, 2.45) is 5.92 Å². The molecule has 0 N–H and O–H groups in total. The van der Waals surface area contributed by atoms with Crippen LogP contribution < -0.4 is 0 Å². The fourth-order valence-corrected chi connectivity index (χ4v) is 1.00. The molecule has 0 radical (unpaired) electrons. The summed E-state index contributed by atoms with van der Waals surface area (Å²) < 4.78 is 9.95. The molecular weight excluding hydrogens is 132 g/mol. The highest BCUT2D eigenvalue weighted by Gasteiger charge is 2.23. The van der Waals surface area contributed by atoms with Crippen molar-refractivity contribution in [2.45, 2.75) is 26.6 Å². The van der Waals surface area contributed by atoms with Gasteiger partial charge in [-0.25, -0.2) is 0 Å². The first-order valence-electron chi connectivity index (χ1n) is 3.47. The highest BCUT2D eigenvalue weighted by molar-refractivity contribution is 5.66. The summed E-state index contributed by atoms with van der Waals surface area (Å²) in [6.07, 6.45) is 0.548. The minimum Gasteiger partial charge on any atom is -0.436 e. The van der Waals surface area contributed by atoms with Gasteiger partial charge in [-0.2, -0.15) is 0 Å². The molecule has 1 heterocycles. The van der Waals surface area contributed by atoms with Crippen LogP contribution in [-0.4, -0.2) is 18.9 Å². The van der Waals surface area contributed by atoms with E-state index in [4.69, 9.17) is 9.47 Å². The topological polar surface area (TPSA) is 35.5 Å². The molecule has 2 atom stereocenters. The van der Waals surface area contributed by atoms with E-state index in [-0.39, 0.29) is 12.3 Å². The van der Waals surface area contributed by atoms with E-state index in [0.717, 1.165) is 6.42 Å². The molecule has 58 valence electrons. The molecule has 1 aliphatic rings. The third kappa shape index (κ3) is 1.99. The maximum Gasteiger partial charge on any atom is 0.304 e. The lowest BCUT2D eigenvalue weighted by Gasteiger charge is -2.07. The highest BCUT2D eigenvalue weighted by Crippen LogP contribution is 2.19. The van der Waals surface area contributed by atoms with Gasteiger partial charge in [-0.1, -0.05) is 6.92 Å². The first-order chi connectivity index (χ1) is 4.68. The molecular formula is C7H12O3. The molecule has 0 bridgehead atoms. The molecule has 0 aromatic heterocycles. The van der Waals surface area contributed by atoms with Gasteiger partial charge in [0.1, 0.15) is 0 Å². The Morgan fingerprint density at radius 1 is 1.70 bits per heavy atom. The third-order valence-corrected chi connectivity index (χ3v) is 1.46. The molecule has 3 heteroatoms. The molecule has 0 unspecified atom stereocenters. The lowest BCUT2D eigenvalue weighted by Crippen LogP contribution is -2.13. The van der Waals surface area contributed by atoms with E-state index in [9.17, 15) is 4.79 Å². The van der Waals surface area contributed by atoms with Crippen molar-refractivity contribution in [3.63, 3.8) is 0 Å². The number of carbonyl (C=O) groups excluding carboxylic acids is 1. The summed E-state index contributed by atoms with van der Waals surface area (Å²) in [7, 11) is 0. The summed E-state index contributed by atoms with van der Waals surface area (Å²) in [4.78, 5) is 10.4. The van der Waals surface area contributed by atoms with Crippen LogP contribution in [0.25, 0.3) is 0 Å². The quantitative estimate of drug-likeness (QED) is 0.513. The summed E-state index contributed by atoms with van der Waals surface area (Å²) in [6, 6.07) is 0. The number of hydrogen-bond donors (Lipinski definition) is 0. The van der Waals surface area contributed by atoms with Gasteiger partial charge < -0.3 is 9.47 Å². The van der Waals surface area contributed by atoms with Crippen molar-refractivity contribution in [3.05, 3.63) is 0 Å². The van der Waals surface area contributed by atoms with Crippen LogP contribution in [0.3, 0.4) is 0 Å². The van der Waals surface area contributed by atoms with Crippen LogP contribution in [0.5, 0.6) is 0 Å². The van der Waals surface area contributed by atoms with Crippen molar-refractivity contribution in [1.29, 1.82) is 0 Å². The largest absolute Gasteiger partial charge is 0.436 e. The van der Waals surface area contributed by atoms with E-state index >= 15 is 0 Å². The fraction of sp³-hybridized carbons (Fsp3) is 0.857. The van der Waals surface area contributed by atoms with Gasteiger partial charge in [-0.3, -0.25) is 4.79 Å². The zero-order chi connectivity index (χ0) is 7.56. The van der Waals surface area contributed by atoms with Crippen LogP contribution in [0.15, 0.2) is 0 Å². The third-order valence-electron chi connectivity index (χ3n) is 1.46. The molecule has 0 saturated carbocycles. The Morgan fingerprint density at radius 2 is 2.40 bits per heavy atom. The van der Waals surface area contributed by atoms with Gasteiger partial charge in [0.2, 0.25) is 6.29 Å². The Kier molecular flexibility index (Phi) is 2.27. The molecule has 10 heavy (non-hydrogen) atoms. The molecule has 1 saturated heterocycles. The molecule has 0 amide bonds. The van der Waals surface area contributed by atoms with Crippen molar-refractivity contribution in [2.75, 3.05) is 6.61 Å². The SMILES string of the molecule is CC(=O)O[C@H]1C[C@@H](C)CO1. The van der Waals surface area contributed by atoms with Gasteiger partial charge in [-0.05, 0) is 5.92 Å². The van der Waals surface area contributed by atoms with Gasteiger partial charge in [0, 0.05) is 13.3 Å². The van der Waals surface area contributed by atoms with Crippen molar-refractivity contribution in [1.82, 2.24) is 0 Å². The summed E-state index contributed by atoms with van der Waals surface area (Å²) in [5.41, 5.74) is 0. The molecule has 0 spiro atoms. The maximum atomic E-state index is 10.4. The van der Waals surface area contributed by atoms with E-state index in [1.165, 1.54) is 6.92 Å². The second-order valence-corrected chi connectivity index (χ2v) is 2.71. The summed E-state index contributed by atoms with van der Waals surface area (Å²) >= 11 is 0. The van der Waals surface area contributed by atoms with E-state index in [2.05, 4.69) is 6.92 Å². The Hall–Kier alpha value is -0.570. The normalized spacial score (nSPS) is 32.2. The van der Waals surface area contributed by atoms with Crippen LogP contribution in [0.1, 0.15) is 20.3 Å². The zero-order valence-electron chi connectivity index (χ0n) is 6.29. The Morgan fingerprint density at radius 3 is 2.80 bits per heavy atom. The average Bonchev–Trinajstić information content (AvgIpc) is 2.13. The molecule has 0 aromatic rings. The van der Waals surface area contributed by atoms with Crippen LogP contribution in [0.2, 0.25) is 0 Å². The van der Waals surface area contributed by atoms with Crippen molar-refractivity contribution >= 4 is 5.97 Å². The van der Waals surface area contributed by atoms with Gasteiger partial charge in [0.25, 0.3) is 0 Å². The predicted octanol–water partition coefficient (Wildman–Crippen LogP) is 0.932. The minimum atomic E-state index is -0.285. The Balaban J connectivity index is 2.24. The standard InChI is InChI=1S/C7H12O3/c1-5-3-7(9-4-5)10-6(2)8/h5,7H,3-4H2,1-2H3/t5-,7+/m1/s1. The van der Waals surface area contributed by atoms with Crippen LogP contribution >= 0.6 is 0 Å². The van der Waals surface area contributed by atoms with Crippen LogP contribution in [-0.2, 0) is 14.3 Å².